The first-order chi connectivity index (χ1) is 10.7. The summed E-state index contributed by atoms with van der Waals surface area (Å²) in [6, 6.07) is 9.92. The highest BCUT2D eigenvalue weighted by Gasteiger charge is 2.58. The van der Waals surface area contributed by atoms with Gasteiger partial charge in [-0.1, -0.05) is 30.3 Å². The molecule has 0 aliphatic heterocycles. The molecule has 1 aromatic rings. The first-order valence-corrected chi connectivity index (χ1v) is 8.23. The van der Waals surface area contributed by atoms with E-state index < -0.39 is 5.97 Å². The van der Waals surface area contributed by atoms with Crippen molar-refractivity contribution in [3.8, 4) is 0 Å². The van der Waals surface area contributed by atoms with E-state index in [1.54, 1.807) is 6.92 Å². The third kappa shape index (κ3) is 1.81. The van der Waals surface area contributed by atoms with Gasteiger partial charge in [0.15, 0.2) is 5.78 Å². The molecule has 2 bridgehead atoms. The molecule has 0 saturated heterocycles. The highest BCUT2D eigenvalue weighted by molar-refractivity contribution is 6.27. The Morgan fingerprint density at radius 1 is 1.14 bits per heavy atom. The van der Waals surface area contributed by atoms with Crippen LogP contribution in [-0.2, 0) is 14.3 Å². The van der Waals surface area contributed by atoms with Crippen LogP contribution in [0.25, 0.3) is 5.57 Å². The zero-order valence-electron chi connectivity index (χ0n) is 12.7. The Balaban J connectivity index is 1.86. The molecule has 0 aromatic heterocycles. The molecular formula is C19H20O3. The molecule has 0 radical (unpaired) electrons. The summed E-state index contributed by atoms with van der Waals surface area (Å²) in [4.78, 5) is 25.3. The van der Waals surface area contributed by atoms with Crippen LogP contribution in [0.3, 0.4) is 0 Å². The van der Waals surface area contributed by atoms with Crippen molar-refractivity contribution >= 4 is 17.3 Å². The molecule has 3 aliphatic carbocycles. The molecule has 2 saturated carbocycles. The molecule has 3 nitrogen and oxygen atoms in total. The lowest BCUT2D eigenvalue weighted by Crippen LogP contribution is -2.25. The van der Waals surface area contributed by atoms with Crippen molar-refractivity contribution in [3.63, 3.8) is 0 Å². The number of fused-ring (bicyclic) bond motifs is 5. The average molecular weight is 296 g/mol. The van der Waals surface area contributed by atoms with Crippen molar-refractivity contribution in [1.82, 2.24) is 0 Å². The fourth-order valence-corrected chi connectivity index (χ4v) is 4.92. The molecule has 0 unspecified atom stereocenters. The van der Waals surface area contributed by atoms with Crippen LogP contribution in [0.4, 0.5) is 0 Å². The Morgan fingerprint density at radius 2 is 1.82 bits per heavy atom. The van der Waals surface area contributed by atoms with Crippen molar-refractivity contribution in [1.29, 1.82) is 0 Å². The number of ketones is 1. The van der Waals surface area contributed by atoms with Crippen LogP contribution in [0.2, 0.25) is 0 Å². The molecule has 2 fully saturated rings. The van der Waals surface area contributed by atoms with E-state index in [4.69, 9.17) is 4.74 Å². The number of allylic oxidation sites excluding steroid dienone is 1. The van der Waals surface area contributed by atoms with E-state index in [2.05, 4.69) is 0 Å². The Morgan fingerprint density at radius 3 is 2.50 bits per heavy atom. The Hall–Kier alpha value is -1.90. The van der Waals surface area contributed by atoms with Gasteiger partial charge in [0.2, 0.25) is 0 Å². The van der Waals surface area contributed by atoms with Gasteiger partial charge in [-0.25, -0.2) is 4.79 Å². The third-order valence-corrected chi connectivity index (χ3v) is 5.63. The summed E-state index contributed by atoms with van der Waals surface area (Å²) in [5, 5.41) is 0. The third-order valence-electron chi connectivity index (χ3n) is 5.63. The monoisotopic (exact) mass is 296 g/mol. The van der Waals surface area contributed by atoms with Crippen LogP contribution in [0, 0.1) is 23.7 Å². The zero-order chi connectivity index (χ0) is 15.3. The number of hydrogen-bond donors (Lipinski definition) is 0. The molecule has 3 aliphatic rings. The van der Waals surface area contributed by atoms with Gasteiger partial charge in [-0.05, 0) is 55.1 Å². The maximum atomic E-state index is 12.9. The van der Waals surface area contributed by atoms with Crippen molar-refractivity contribution in [2.24, 2.45) is 23.7 Å². The summed E-state index contributed by atoms with van der Waals surface area (Å²) >= 11 is 0. The summed E-state index contributed by atoms with van der Waals surface area (Å²) in [5.41, 5.74) is 2.31. The topological polar surface area (TPSA) is 43.4 Å². The number of benzene rings is 1. The van der Waals surface area contributed by atoms with Crippen LogP contribution in [0.15, 0.2) is 35.9 Å². The van der Waals surface area contributed by atoms with E-state index in [9.17, 15) is 9.59 Å². The van der Waals surface area contributed by atoms with Crippen LogP contribution in [0.5, 0.6) is 0 Å². The van der Waals surface area contributed by atoms with E-state index in [1.807, 2.05) is 30.3 Å². The summed E-state index contributed by atoms with van der Waals surface area (Å²) < 4.78 is 5.19. The predicted octanol–water partition coefficient (Wildman–Crippen LogP) is 3.25. The molecule has 0 N–H and O–H groups in total. The number of ether oxygens (including phenoxy) is 1. The molecule has 3 heteroatoms. The smallest absolute Gasteiger partial charge is 0.342 e. The predicted molar refractivity (Wildman–Crippen MR) is 82.8 cm³/mol. The molecule has 22 heavy (non-hydrogen) atoms. The van der Waals surface area contributed by atoms with Gasteiger partial charge < -0.3 is 4.74 Å². The molecule has 0 amide bonds. The zero-order valence-corrected chi connectivity index (χ0v) is 12.7. The summed E-state index contributed by atoms with van der Waals surface area (Å²) in [7, 11) is 0. The fourth-order valence-electron chi connectivity index (χ4n) is 4.92. The lowest BCUT2D eigenvalue weighted by atomic mass is 9.77. The second kappa shape index (κ2) is 5.08. The SMILES string of the molecule is CCOC(=O)C1=C(c2ccccc2)[C@H]2[C@@H]3CC[C@@H](C3)[C@H]2C1=O. The maximum Gasteiger partial charge on any atom is 0.342 e. The summed E-state index contributed by atoms with van der Waals surface area (Å²) in [5.74, 6) is 0.880. The largest absolute Gasteiger partial charge is 0.462 e. The normalized spacial score (nSPS) is 32.5. The van der Waals surface area contributed by atoms with Crippen LogP contribution >= 0.6 is 0 Å². The molecule has 4 rings (SSSR count). The number of carbonyl (C=O) groups is 2. The highest BCUT2D eigenvalue weighted by atomic mass is 16.5. The molecule has 4 atom stereocenters. The fraction of sp³-hybridized carbons (Fsp3) is 0.474. The van der Waals surface area contributed by atoms with Gasteiger partial charge in [-0.3, -0.25) is 4.79 Å². The van der Waals surface area contributed by atoms with E-state index in [0.717, 1.165) is 24.0 Å². The standard InChI is InChI=1S/C19H20O3/c1-2-22-19(21)17-14(11-6-4-3-5-7-11)15-12-8-9-13(10-12)16(15)18(17)20/h3-7,12-13,15-16H,2,8-10H2,1H3/t12-,13+,15-,16-/m1/s1. The van der Waals surface area contributed by atoms with Crippen molar-refractivity contribution in [3.05, 3.63) is 41.5 Å². The van der Waals surface area contributed by atoms with Crippen LogP contribution in [0.1, 0.15) is 31.7 Å². The van der Waals surface area contributed by atoms with Crippen LogP contribution in [-0.4, -0.2) is 18.4 Å². The van der Waals surface area contributed by atoms with Gasteiger partial charge in [0.25, 0.3) is 0 Å². The van der Waals surface area contributed by atoms with Gasteiger partial charge in [0.1, 0.15) is 5.57 Å². The number of Topliss-reactive ketones (excluding diaryl/α,β-unsaturated/α-hetero) is 1. The maximum absolute atomic E-state index is 12.9. The first-order valence-electron chi connectivity index (χ1n) is 8.23. The van der Waals surface area contributed by atoms with E-state index >= 15 is 0 Å². The highest BCUT2D eigenvalue weighted by Crippen LogP contribution is 2.61. The van der Waals surface area contributed by atoms with Gasteiger partial charge in [-0.2, -0.15) is 0 Å². The van der Waals surface area contributed by atoms with Gasteiger partial charge in [0, 0.05) is 5.92 Å². The van der Waals surface area contributed by atoms with E-state index in [-0.39, 0.29) is 17.6 Å². The molecule has 0 spiro atoms. The van der Waals surface area contributed by atoms with E-state index in [0.29, 0.717) is 24.0 Å². The second-order valence-electron chi connectivity index (χ2n) is 6.62. The number of carbonyl (C=O) groups excluding carboxylic acids is 2. The van der Waals surface area contributed by atoms with E-state index in [1.165, 1.54) is 6.42 Å². The number of hydrogen-bond acceptors (Lipinski definition) is 3. The molecule has 0 heterocycles. The number of rotatable bonds is 3. The van der Waals surface area contributed by atoms with Gasteiger partial charge in [0.05, 0.1) is 6.61 Å². The molecular weight excluding hydrogens is 276 g/mol. The lowest BCUT2D eigenvalue weighted by molar-refractivity contribution is -0.140. The van der Waals surface area contributed by atoms with Crippen molar-refractivity contribution < 1.29 is 14.3 Å². The Bertz CT molecular complexity index is 659. The quantitative estimate of drug-likeness (QED) is 0.635. The number of esters is 1. The van der Waals surface area contributed by atoms with Crippen LogP contribution < -0.4 is 0 Å². The molecule has 114 valence electrons. The Labute approximate surface area is 130 Å². The second-order valence-corrected chi connectivity index (χ2v) is 6.62. The van der Waals surface area contributed by atoms with Gasteiger partial charge in [-0.15, -0.1) is 0 Å². The average Bonchev–Trinajstić information content (AvgIpc) is 3.20. The summed E-state index contributed by atoms with van der Waals surface area (Å²) in [6.45, 7) is 2.09. The minimum absolute atomic E-state index is 0.0216. The Kier molecular flexibility index (Phi) is 3.17. The minimum atomic E-state index is -0.430. The molecule has 1 aromatic carbocycles. The lowest BCUT2D eigenvalue weighted by Gasteiger charge is -2.26. The first kappa shape index (κ1) is 13.7. The minimum Gasteiger partial charge on any atom is -0.462 e. The van der Waals surface area contributed by atoms with Crippen molar-refractivity contribution in [2.45, 2.75) is 26.2 Å². The summed E-state index contributed by atoms with van der Waals surface area (Å²) in [6.07, 6.45) is 3.47. The van der Waals surface area contributed by atoms with Gasteiger partial charge >= 0.3 is 5.97 Å². The van der Waals surface area contributed by atoms with Crippen molar-refractivity contribution in [2.75, 3.05) is 6.61 Å².